The molecule has 0 aliphatic heterocycles. The van der Waals surface area contributed by atoms with Gasteiger partial charge in [-0.15, -0.1) is 11.3 Å². The van der Waals surface area contributed by atoms with Crippen molar-refractivity contribution >= 4 is 40.3 Å². The van der Waals surface area contributed by atoms with Crippen LogP contribution >= 0.6 is 23.6 Å². The predicted molar refractivity (Wildman–Crippen MR) is 113 cm³/mol. The third-order valence-electron chi connectivity index (χ3n) is 4.90. The Kier molecular flexibility index (Phi) is 6.27. The van der Waals surface area contributed by atoms with Crippen molar-refractivity contribution in [3.05, 3.63) is 51.2 Å². The van der Waals surface area contributed by atoms with Crippen molar-refractivity contribution < 1.29 is 4.79 Å². The quantitative estimate of drug-likeness (QED) is 0.536. The number of fused-ring (bicyclic) bond motifs is 1. The lowest BCUT2D eigenvalue weighted by molar-refractivity contribution is 0.0948. The van der Waals surface area contributed by atoms with E-state index in [1.54, 1.807) is 11.3 Å². The Morgan fingerprint density at radius 1 is 1.23 bits per heavy atom. The molecule has 0 saturated heterocycles. The zero-order chi connectivity index (χ0) is 18.5. The maximum atomic E-state index is 12.4. The molecule has 1 aliphatic carbocycles. The summed E-state index contributed by atoms with van der Waals surface area (Å²) in [6, 6.07) is 10.1. The molecule has 6 heteroatoms. The summed E-state index contributed by atoms with van der Waals surface area (Å²) in [7, 11) is 0. The van der Waals surface area contributed by atoms with Crippen LogP contribution in [0, 0.1) is 5.92 Å². The van der Waals surface area contributed by atoms with Crippen LogP contribution in [0.3, 0.4) is 0 Å². The van der Waals surface area contributed by atoms with Gasteiger partial charge in [0.1, 0.15) is 0 Å². The molecule has 138 valence electrons. The lowest BCUT2D eigenvalue weighted by Gasteiger charge is -2.19. The van der Waals surface area contributed by atoms with Gasteiger partial charge < -0.3 is 5.32 Å². The first kappa shape index (κ1) is 18.9. The SMILES string of the molecule is CCc1ccc(NC(=S)NNC(=O)c2cc3c(s2)CC[C@@H](CC)C3)cc1. The van der Waals surface area contributed by atoms with E-state index in [-0.39, 0.29) is 5.91 Å². The molecule has 1 aromatic carbocycles. The van der Waals surface area contributed by atoms with E-state index in [1.807, 2.05) is 18.2 Å². The van der Waals surface area contributed by atoms with Crippen molar-refractivity contribution in [2.24, 2.45) is 5.92 Å². The summed E-state index contributed by atoms with van der Waals surface area (Å²) in [6.45, 7) is 4.36. The standard InChI is InChI=1S/C20H25N3OS2/c1-3-13-5-8-16(9-6-13)21-20(25)23-22-19(24)18-12-15-11-14(4-2)7-10-17(15)26-18/h5-6,8-9,12,14H,3-4,7,10-11H2,1-2H3,(H,22,24)(H2,21,23,25)/t14-/m1/s1. The molecule has 0 bridgehead atoms. The Morgan fingerprint density at radius 2 is 2.00 bits per heavy atom. The van der Waals surface area contributed by atoms with Crippen LogP contribution in [0.5, 0.6) is 0 Å². The Hall–Kier alpha value is -1.92. The second-order valence-corrected chi connectivity index (χ2v) is 8.20. The number of benzene rings is 1. The van der Waals surface area contributed by atoms with Gasteiger partial charge in [0.25, 0.3) is 5.91 Å². The maximum absolute atomic E-state index is 12.4. The molecule has 3 rings (SSSR count). The molecular formula is C20H25N3OS2. The Labute approximate surface area is 164 Å². The molecule has 1 aliphatic rings. The minimum atomic E-state index is -0.136. The second-order valence-electron chi connectivity index (χ2n) is 6.66. The number of hydrazine groups is 1. The van der Waals surface area contributed by atoms with Crippen molar-refractivity contribution in [1.82, 2.24) is 10.9 Å². The maximum Gasteiger partial charge on any atom is 0.279 e. The van der Waals surface area contributed by atoms with E-state index in [0.717, 1.165) is 35.7 Å². The molecule has 0 fully saturated rings. The summed E-state index contributed by atoms with van der Waals surface area (Å²) < 4.78 is 0. The summed E-state index contributed by atoms with van der Waals surface area (Å²) >= 11 is 6.85. The Bertz CT molecular complexity index is 783. The van der Waals surface area contributed by atoms with Crippen molar-refractivity contribution in [3.63, 3.8) is 0 Å². The number of thiophene rings is 1. The van der Waals surface area contributed by atoms with Gasteiger partial charge in [0.05, 0.1) is 4.88 Å². The number of rotatable bonds is 4. The molecule has 3 N–H and O–H groups in total. The molecule has 0 spiro atoms. The summed E-state index contributed by atoms with van der Waals surface area (Å²) in [5.74, 6) is 0.616. The second kappa shape index (κ2) is 8.64. The van der Waals surface area contributed by atoms with Crippen LogP contribution in [-0.4, -0.2) is 11.0 Å². The highest BCUT2D eigenvalue weighted by Gasteiger charge is 2.22. The summed E-state index contributed by atoms with van der Waals surface area (Å²) in [6.07, 6.45) is 5.62. The minimum absolute atomic E-state index is 0.136. The van der Waals surface area contributed by atoms with E-state index in [1.165, 1.54) is 28.8 Å². The van der Waals surface area contributed by atoms with Crippen molar-refractivity contribution in [3.8, 4) is 0 Å². The van der Waals surface area contributed by atoms with E-state index < -0.39 is 0 Å². The van der Waals surface area contributed by atoms with Crippen molar-refractivity contribution in [2.75, 3.05) is 5.32 Å². The van der Waals surface area contributed by atoms with E-state index in [0.29, 0.717) is 5.11 Å². The summed E-state index contributed by atoms with van der Waals surface area (Å²) in [4.78, 5) is 14.5. The highest BCUT2D eigenvalue weighted by Crippen LogP contribution is 2.33. The third-order valence-corrected chi connectivity index (χ3v) is 6.34. The van der Waals surface area contributed by atoms with Crippen LogP contribution in [0.25, 0.3) is 0 Å². The summed E-state index contributed by atoms with van der Waals surface area (Å²) in [5.41, 5.74) is 8.99. The van der Waals surface area contributed by atoms with E-state index >= 15 is 0 Å². The van der Waals surface area contributed by atoms with Crippen molar-refractivity contribution in [2.45, 2.75) is 46.0 Å². The number of hydrogen-bond donors (Lipinski definition) is 3. The molecule has 0 radical (unpaired) electrons. The van der Waals surface area contributed by atoms with Crippen molar-refractivity contribution in [1.29, 1.82) is 0 Å². The van der Waals surface area contributed by atoms with E-state index in [2.05, 4.69) is 42.1 Å². The highest BCUT2D eigenvalue weighted by molar-refractivity contribution is 7.80. The molecule has 1 amide bonds. The van der Waals surface area contributed by atoms with Crippen LogP contribution in [0.15, 0.2) is 30.3 Å². The van der Waals surface area contributed by atoms with Gasteiger partial charge in [-0.25, -0.2) is 0 Å². The zero-order valence-corrected chi connectivity index (χ0v) is 16.9. The molecule has 26 heavy (non-hydrogen) atoms. The van der Waals surface area contributed by atoms with Crippen LogP contribution < -0.4 is 16.2 Å². The smallest absolute Gasteiger partial charge is 0.279 e. The van der Waals surface area contributed by atoms with Crippen LogP contribution in [0.1, 0.15) is 52.4 Å². The number of amides is 1. The van der Waals surface area contributed by atoms with Gasteiger partial charge in [-0.05, 0) is 73.1 Å². The molecular weight excluding hydrogens is 362 g/mol. The third kappa shape index (κ3) is 4.62. The number of hydrogen-bond acceptors (Lipinski definition) is 3. The molecule has 0 unspecified atom stereocenters. The average Bonchev–Trinajstić information content (AvgIpc) is 3.10. The van der Waals surface area contributed by atoms with Gasteiger partial charge in [0.15, 0.2) is 5.11 Å². The van der Waals surface area contributed by atoms with Gasteiger partial charge in [0.2, 0.25) is 0 Å². The predicted octanol–water partition coefficient (Wildman–Crippen LogP) is 4.46. The summed E-state index contributed by atoms with van der Waals surface area (Å²) in [5, 5.41) is 3.44. The number of nitrogens with one attached hydrogen (secondary N) is 3. The zero-order valence-electron chi connectivity index (χ0n) is 15.2. The van der Waals surface area contributed by atoms with Gasteiger partial charge >= 0.3 is 0 Å². The first-order valence-corrected chi connectivity index (χ1v) is 10.4. The number of carbonyl (C=O) groups is 1. The fraction of sp³-hybridized carbons (Fsp3) is 0.400. The molecule has 1 heterocycles. The van der Waals surface area contributed by atoms with Crippen LogP contribution in [0.2, 0.25) is 0 Å². The lowest BCUT2D eigenvalue weighted by Crippen LogP contribution is -2.43. The van der Waals surface area contributed by atoms with E-state index in [4.69, 9.17) is 12.2 Å². The van der Waals surface area contributed by atoms with Gasteiger partial charge in [-0.2, -0.15) is 0 Å². The highest BCUT2D eigenvalue weighted by atomic mass is 32.1. The average molecular weight is 388 g/mol. The van der Waals surface area contributed by atoms with E-state index in [9.17, 15) is 4.79 Å². The lowest BCUT2D eigenvalue weighted by atomic mass is 9.87. The van der Waals surface area contributed by atoms with Gasteiger partial charge in [-0.3, -0.25) is 15.6 Å². The normalized spacial score (nSPS) is 15.8. The number of carbonyl (C=O) groups excluding carboxylic acids is 1. The number of thiocarbonyl (C=S) groups is 1. The topological polar surface area (TPSA) is 53.2 Å². The molecule has 4 nitrogen and oxygen atoms in total. The monoisotopic (exact) mass is 387 g/mol. The molecule has 2 aromatic rings. The number of anilines is 1. The van der Waals surface area contributed by atoms with Gasteiger partial charge in [-0.1, -0.05) is 32.4 Å². The first-order valence-electron chi connectivity index (χ1n) is 9.16. The van der Waals surface area contributed by atoms with Crippen LogP contribution in [0.4, 0.5) is 5.69 Å². The van der Waals surface area contributed by atoms with Crippen LogP contribution in [-0.2, 0) is 19.3 Å². The first-order chi connectivity index (χ1) is 12.6. The van der Waals surface area contributed by atoms with Gasteiger partial charge in [0, 0.05) is 10.6 Å². The minimum Gasteiger partial charge on any atom is -0.331 e. The fourth-order valence-corrected chi connectivity index (χ4v) is 4.49. The largest absolute Gasteiger partial charge is 0.331 e. The Morgan fingerprint density at radius 3 is 2.69 bits per heavy atom. The fourth-order valence-electron chi connectivity index (χ4n) is 3.22. The molecule has 0 saturated carbocycles. The number of aryl methyl sites for hydroxylation is 2. The molecule has 1 aromatic heterocycles. The molecule has 1 atom stereocenters. The Balaban J connectivity index is 1.52.